The molecule has 0 fully saturated rings. The van der Waals surface area contributed by atoms with E-state index in [0.717, 1.165) is 19.6 Å². The van der Waals surface area contributed by atoms with E-state index in [9.17, 15) is 0 Å². The average Bonchev–Trinajstić information content (AvgIpc) is 2.30. The largest absolute Gasteiger partial charge is 0.320 e. The van der Waals surface area contributed by atoms with Crippen molar-refractivity contribution in [3.8, 4) is 0 Å². The van der Waals surface area contributed by atoms with Crippen LogP contribution in [0, 0.1) is 13.8 Å². The lowest BCUT2D eigenvalue weighted by molar-refractivity contribution is 0.587. The van der Waals surface area contributed by atoms with E-state index in [1.165, 1.54) is 28.7 Å². The minimum Gasteiger partial charge on any atom is -0.320 e. The summed E-state index contributed by atoms with van der Waals surface area (Å²) in [6.07, 6.45) is 1.18. The number of nitrogens with one attached hydrogen (secondary N) is 2. The van der Waals surface area contributed by atoms with Gasteiger partial charge in [-0.2, -0.15) is 0 Å². The first-order valence-electron chi connectivity index (χ1n) is 7.32. The second-order valence-electron chi connectivity index (χ2n) is 6.47. The highest BCUT2D eigenvalue weighted by Crippen LogP contribution is 2.26. The van der Waals surface area contributed by atoms with Crippen LogP contribution in [0.25, 0.3) is 0 Å². The topological polar surface area (TPSA) is 24.1 Å². The van der Waals surface area contributed by atoms with Crippen molar-refractivity contribution in [3.05, 3.63) is 34.4 Å². The minimum atomic E-state index is 0.230. The van der Waals surface area contributed by atoms with Gasteiger partial charge in [0.25, 0.3) is 0 Å². The first kappa shape index (κ1) is 16.2. The molecule has 0 saturated carbocycles. The highest BCUT2D eigenvalue weighted by molar-refractivity contribution is 5.40. The third-order valence-corrected chi connectivity index (χ3v) is 3.64. The Morgan fingerprint density at radius 1 is 1.00 bits per heavy atom. The van der Waals surface area contributed by atoms with Gasteiger partial charge in [0.2, 0.25) is 0 Å². The van der Waals surface area contributed by atoms with E-state index in [1.807, 2.05) is 7.05 Å². The number of aryl methyl sites for hydroxylation is 2. The molecule has 19 heavy (non-hydrogen) atoms. The maximum Gasteiger partial charge on any atom is 0.0210 e. The molecule has 108 valence electrons. The van der Waals surface area contributed by atoms with Crippen molar-refractivity contribution in [2.24, 2.45) is 0 Å². The summed E-state index contributed by atoms with van der Waals surface area (Å²) in [4.78, 5) is 0. The van der Waals surface area contributed by atoms with Gasteiger partial charge >= 0.3 is 0 Å². The lowest BCUT2D eigenvalue weighted by Gasteiger charge is -2.22. The van der Waals surface area contributed by atoms with Gasteiger partial charge in [0.15, 0.2) is 0 Å². The zero-order chi connectivity index (χ0) is 14.5. The van der Waals surface area contributed by atoms with Gasteiger partial charge in [-0.05, 0) is 68.1 Å². The fourth-order valence-electron chi connectivity index (χ4n) is 2.31. The molecule has 0 saturated heterocycles. The van der Waals surface area contributed by atoms with E-state index in [-0.39, 0.29) is 5.41 Å². The molecule has 0 aliphatic heterocycles. The number of rotatable bonds is 6. The number of hydrogen-bond donors (Lipinski definition) is 2. The number of hydrogen-bond acceptors (Lipinski definition) is 2. The summed E-state index contributed by atoms with van der Waals surface area (Å²) in [6.45, 7) is 14.4. The molecular weight excluding hydrogens is 232 g/mol. The van der Waals surface area contributed by atoms with Crippen LogP contribution in [-0.4, -0.2) is 20.1 Å². The third-order valence-electron chi connectivity index (χ3n) is 3.64. The molecule has 1 rings (SSSR count). The Morgan fingerprint density at radius 3 is 2.05 bits per heavy atom. The standard InChI is InChI=1S/C17H30N2/c1-13-10-15(17(3,4)5)11-14(2)16(13)12-19-9-7-8-18-6/h10-11,18-19H,7-9,12H2,1-6H3. The second kappa shape index (κ2) is 7.06. The van der Waals surface area contributed by atoms with Crippen LogP contribution in [0.4, 0.5) is 0 Å². The molecular formula is C17H30N2. The Hall–Kier alpha value is -0.860. The Morgan fingerprint density at radius 2 is 1.58 bits per heavy atom. The van der Waals surface area contributed by atoms with Crippen molar-refractivity contribution in [2.45, 2.75) is 53.0 Å². The predicted molar refractivity (Wildman–Crippen MR) is 84.9 cm³/mol. The summed E-state index contributed by atoms with van der Waals surface area (Å²) in [7, 11) is 2.00. The SMILES string of the molecule is CNCCCNCc1c(C)cc(C(C)(C)C)cc1C. The molecule has 2 nitrogen and oxygen atoms in total. The van der Waals surface area contributed by atoms with E-state index >= 15 is 0 Å². The molecule has 0 radical (unpaired) electrons. The average molecular weight is 262 g/mol. The van der Waals surface area contributed by atoms with Crippen molar-refractivity contribution in [1.82, 2.24) is 10.6 Å². The number of benzene rings is 1. The summed E-state index contributed by atoms with van der Waals surface area (Å²) in [5.74, 6) is 0. The maximum absolute atomic E-state index is 3.54. The summed E-state index contributed by atoms with van der Waals surface area (Å²) in [5.41, 5.74) is 5.94. The molecule has 1 aromatic rings. The lowest BCUT2D eigenvalue weighted by atomic mass is 9.84. The summed E-state index contributed by atoms with van der Waals surface area (Å²) >= 11 is 0. The van der Waals surface area contributed by atoms with Crippen molar-refractivity contribution in [2.75, 3.05) is 20.1 Å². The molecule has 2 N–H and O–H groups in total. The Kier molecular flexibility index (Phi) is 6.02. The monoisotopic (exact) mass is 262 g/mol. The zero-order valence-corrected chi connectivity index (χ0v) is 13.5. The van der Waals surface area contributed by atoms with Crippen molar-refractivity contribution < 1.29 is 0 Å². The quantitative estimate of drug-likeness (QED) is 0.769. The van der Waals surface area contributed by atoms with E-state index in [1.54, 1.807) is 0 Å². The van der Waals surface area contributed by atoms with Gasteiger partial charge in [-0.25, -0.2) is 0 Å². The van der Waals surface area contributed by atoms with Gasteiger partial charge in [-0.3, -0.25) is 0 Å². The van der Waals surface area contributed by atoms with Crippen LogP contribution >= 0.6 is 0 Å². The molecule has 0 atom stereocenters. The van der Waals surface area contributed by atoms with E-state index in [0.29, 0.717) is 0 Å². The molecule has 1 aromatic carbocycles. The lowest BCUT2D eigenvalue weighted by Crippen LogP contribution is -2.21. The molecule has 0 amide bonds. The third kappa shape index (κ3) is 4.96. The van der Waals surface area contributed by atoms with Gasteiger partial charge in [-0.15, -0.1) is 0 Å². The van der Waals surface area contributed by atoms with Crippen LogP contribution in [-0.2, 0) is 12.0 Å². The first-order chi connectivity index (χ1) is 8.86. The minimum absolute atomic E-state index is 0.230. The molecule has 0 aromatic heterocycles. The smallest absolute Gasteiger partial charge is 0.0210 e. The van der Waals surface area contributed by atoms with Crippen LogP contribution in [0.15, 0.2) is 12.1 Å². The van der Waals surface area contributed by atoms with E-state index in [4.69, 9.17) is 0 Å². The molecule has 0 aliphatic carbocycles. The van der Waals surface area contributed by atoms with Gasteiger partial charge in [0, 0.05) is 6.54 Å². The second-order valence-corrected chi connectivity index (χ2v) is 6.47. The van der Waals surface area contributed by atoms with Crippen molar-refractivity contribution >= 4 is 0 Å². The predicted octanol–water partition coefficient (Wildman–Crippen LogP) is 3.30. The maximum atomic E-state index is 3.54. The fourth-order valence-corrected chi connectivity index (χ4v) is 2.31. The normalized spacial score (nSPS) is 11.9. The van der Waals surface area contributed by atoms with Crippen LogP contribution in [0.1, 0.15) is 49.4 Å². The molecule has 2 heteroatoms. The Balaban J connectivity index is 2.70. The van der Waals surface area contributed by atoms with E-state index in [2.05, 4.69) is 57.4 Å². The zero-order valence-electron chi connectivity index (χ0n) is 13.5. The Labute approximate surface area is 119 Å². The molecule has 0 bridgehead atoms. The Bertz CT molecular complexity index is 379. The molecule has 0 aliphatic rings. The molecule has 0 unspecified atom stereocenters. The van der Waals surface area contributed by atoms with Gasteiger partial charge in [-0.1, -0.05) is 32.9 Å². The van der Waals surface area contributed by atoms with E-state index < -0.39 is 0 Å². The van der Waals surface area contributed by atoms with Crippen LogP contribution in [0.5, 0.6) is 0 Å². The van der Waals surface area contributed by atoms with Crippen LogP contribution in [0.3, 0.4) is 0 Å². The fraction of sp³-hybridized carbons (Fsp3) is 0.647. The van der Waals surface area contributed by atoms with Gasteiger partial charge < -0.3 is 10.6 Å². The summed E-state index contributed by atoms with van der Waals surface area (Å²) in [6, 6.07) is 4.69. The summed E-state index contributed by atoms with van der Waals surface area (Å²) in [5, 5.41) is 6.71. The van der Waals surface area contributed by atoms with Crippen molar-refractivity contribution in [1.29, 1.82) is 0 Å². The molecule has 0 heterocycles. The van der Waals surface area contributed by atoms with Gasteiger partial charge in [0.1, 0.15) is 0 Å². The molecule has 0 spiro atoms. The first-order valence-corrected chi connectivity index (χ1v) is 7.32. The van der Waals surface area contributed by atoms with Crippen molar-refractivity contribution in [3.63, 3.8) is 0 Å². The summed E-state index contributed by atoms with van der Waals surface area (Å²) < 4.78 is 0. The van der Waals surface area contributed by atoms with Gasteiger partial charge in [0.05, 0.1) is 0 Å². The highest BCUT2D eigenvalue weighted by Gasteiger charge is 2.15. The van der Waals surface area contributed by atoms with Crippen LogP contribution < -0.4 is 10.6 Å². The van der Waals surface area contributed by atoms with Crippen LogP contribution in [0.2, 0.25) is 0 Å². The highest BCUT2D eigenvalue weighted by atomic mass is 14.9.